The third-order valence-corrected chi connectivity index (χ3v) is 15.8. The number of hydrogen-bond donors (Lipinski definition) is 0. The Bertz CT molecular complexity index is 3390. The largest absolute Gasteiger partial charge is 0.376 e. The van der Waals surface area contributed by atoms with Crippen LogP contribution in [0.2, 0.25) is 0 Å². The molecule has 61 heavy (non-hydrogen) atoms. The minimum atomic E-state index is -0.131. The highest BCUT2D eigenvalue weighted by atomic mass is 32.1. The van der Waals surface area contributed by atoms with Crippen LogP contribution < -0.4 is 15.7 Å². The Morgan fingerprint density at radius 3 is 1.93 bits per heavy atom. The van der Waals surface area contributed by atoms with Crippen LogP contribution in [0.4, 0.5) is 11.4 Å². The van der Waals surface area contributed by atoms with Crippen LogP contribution in [0.15, 0.2) is 121 Å². The van der Waals surface area contributed by atoms with Gasteiger partial charge in [0.2, 0.25) is 0 Å². The molecule has 0 amide bonds. The Labute approximate surface area is 365 Å². The Balaban J connectivity index is 1.33. The first-order valence-electron chi connectivity index (χ1n) is 22.2. The Hall–Kier alpha value is -5.58. The highest BCUT2D eigenvalue weighted by molar-refractivity contribution is 7.27. The normalized spacial score (nSPS) is 15.2. The van der Waals surface area contributed by atoms with Crippen molar-refractivity contribution in [2.24, 2.45) is 0 Å². The second-order valence-electron chi connectivity index (χ2n) is 21.8. The monoisotopic (exact) mass is 808 g/mol. The Morgan fingerprint density at radius 1 is 0.541 bits per heavy atom. The highest BCUT2D eigenvalue weighted by Crippen LogP contribution is 2.55. The van der Waals surface area contributed by atoms with Gasteiger partial charge in [0.15, 0.2) is 0 Å². The summed E-state index contributed by atoms with van der Waals surface area (Å²) in [6.07, 6.45) is 0. The molecule has 12 rings (SSSR count). The van der Waals surface area contributed by atoms with Gasteiger partial charge in [-0.1, -0.05) is 149 Å². The fraction of sp³-hybridized carbons (Fsp3) is 0.263. The molecule has 4 heterocycles. The molecule has 1 aliphatic carbocycles. The number of anilines is 2. The van der Waals surface area contributed by atoms with Crippen molar-refractivity contribution >= 4 is 82.5 Å². The lowest BCUT2D eigenvalue weighted by atomic mass is 9.43. The predicted molar refractivity (Wildman–Crippen MR) is 266 cm³/mol. The van der Waals surface area contributed by atoms with Crippen molar-refractivity contribution < 1.29 is 0 Å². The minimum Gasteiger partial charge on any atom is -0.376 e. The summed E-state index contributed by atoms with van der Waals surface area (Å²) in [5, 5.41) is 5.51. The van der Waals surface area contributed by atoms with Gasteiger partial charge in [-0.25, -0.2) is 0 Å². The van der Waals surface area contributed by atoms with Crippen molar-refractivity contribution in [1.29, 1.82) is 0 Å². The van der Waals surface area contributed by atoms with Crippen molar-refractivity contribution in [2.45, 2.75) is 97.8 Å². The van der Waals surface area contributed by atoms with Crippen molar-refractivity contribution in [2.75, 3.05) is 4.81 Å². The van der Waals surface area contributed by atoms with Crippen molar-refractivity contribution in [3.63, 3.8) is 0 Å². The van der Waals surface area contributed by atoms with Gasteiger partial charge in [0.05, 0.1) is 11.0 Å². The quantitative estimate of drug-likeness (QED) is 0.150. The molecule has 0 radical (unpaired) electrons. The summed E-state index contributed by atoms with van der Waals surface area (Å²) in [6, 6.07) is 47.8. The van der Waals surface area contributed by atoms with E-state index in [1.165, 1.54) is 120 Å². The van der Waals surface area contributed by atoms with Gasteiger partial charge in [-0.2, -0.15) is 0 Å². The molecule has 0 saturated carbocycles. The topological polar surface area (TPSA) is 8.17 Å². The molecule has 300 valence electrons. The van der Waals surface area contributed by atoms with E-state index in [1.54, 1.807) is 0 Å². The van der Waals surface area contributed by atoms with Gasteiger partial charge >= 0.3 is 6.85 Å². The zero-order valence-corrected chi connectivity index (χ0v) is 38.2. The fourth-order valence-electron chi connectivity index (χ4n) is 11.3. The third-order valence-electron chi connectivity index (χ3n) is 14.6. The molecule has 0 saturated heterocycles. The Kier molecular flexibility index (Phi) is 7.24. The molecule has 9 aromatic rings. The summed E-state index contributed by atoms with van der Waals surface area (Å²) < 4.78 is 5.44. The van der Waals surface area contributed by atoms with E-state index < -0.39 is 0 Å². The molecule has 4 heteroatoms. The van der Waals surface area contributed by atoms with Crippen LogP contribution in [0.1, 0.15) is 104 Å². The molecule has 0 spiro atoms. The molecule has 2 aromatic heterocycles. The summed E-state index contributed by atoms with van der Waals surface area (Å²) in [4.78, 5) is 2.72. The van der Waals surface area contributed by atoms with Crippen molar-refractivity contribution in [1.82, 2.24) is 4.57 Å². The zero-order valence-electron chi connectivity index (χ0n) is 37.4. The molecule has 0 atom stereocenters. The summed E-state index contributed by atoms with van der Waals surface area (Å²) in [5.41, 5.74) is 21.5. The SMILES string of the molecule is CC(C)(C)c1ccc(N2B3c4cc5c(cc4-n4c6ccc(C(C)(C)C)cc6c6c7sc8ccccc8c7c(c3c64)-c3cc(C(C)(C)C)ccc32)C(C)(C)c2ccccc2-5)cc1. The molecular weight excluding hydrogens is 756 g/mol. The first-order valence-corrected chi connectivity index (χ1v) is 23.0. The molecule has 2 aliphatic heterocycles. The van der Waals surface area contributed by atoms with Crippen LogP contribution in [-0.4, -0.2) is 11.4 Å². The first-order chi connectivity index (χ1) is 28.9. The van der Waals surface area contributed by atoms with Gasteiger partial charge in [-0.3, -0.25) is 0 Å². The standard InChI is InChI=1S/C57H53BN2S/c1-54(2,3)32-20-24-35(25-21-32)60-45-27-23-34(56(7,8)9)29-40(45)48-49-37-17-13-15-19-47(37)61-53(49)50-39-28-33(55(4,5)6)22-26-44(39)59-46-31-42-38(30-43(46)58(60)51(48)52(50)59)36-16-12-14-18-41(36)57(42,10)11/h12-31H,1-11H3. The van der Waals surface area contributed by atoms with Gasteiger partial charge in [-0.05, 0) is 120 Å². The highest BCUT2D eigenvalue weighted by Gasteiger charge is 2.47. The molecule has 0 unspecified atom stereocenters. The third kappa shape index (κ3) is 4.92. The molecule has 0 fully saturated rings. The average Bonchev–Trinajstić information content (AvgIpc) is 3.84. The van der Waals surface area contributed by atoms with E-state index in [2.05, 4.69) is 207 Å². The molecular formula is C57H53BN2S. The van der Waals surface area contributed by atoms with Crippen LogP contribution in [0, 0.1) is 0 Å². The van der Waals surface area contributed by atoms with Crippen LogP contribution in [0.5, 0.6) is 0 Å². The molecule has 0 N–H and O–H groups in total. The lowest BCUT2D eigenvalue weighted by Gasteiger charge is -2.43. The van der Waals surface area contributed by atoms with Crippen LogP contribution in [0.25, 0.3) is 69.9 Å². The maximum absolute atomic E-state index is 2.72. The van der Waals surface area contributed by atoms with E-state index in [9.17, 15) is 0 Å². The number of thiophene rings is 1. The van der Waals surface area contributed by atoms with E-state index in [0.717, 1.165) is 0 Å². The number of rotatable bonds is 1. The van der Waals surface area contributed by atoms with Gasteiger partial charge in [0.25, 0.3) is 0 Å². The summed E-state index contributed by atoms with van der Waals surface area (Å²) in [5.74, 6) is 0. The van der Waals surface area contributed by atoms with Gasteiger partial charge in [-0.15, -0.1) is 11.3 Å². The van der Waals surface area contributed by atoms with E-state index >= 15 is 0 Å². The predicted octanol–water partition coefficient (Wildman–Crippen LogP) is 14.6. The lowest BCUT2D eigenvalue weighted by molar-refractivity contribution is 0.590. The molecule has 7 aromatic carbocycles. The fourth-order valence-corrected chi connectivity index (χ4v) is 12.6. The van der Waals surface area contributed by atoms with Crippen molar-refractivity contribution in [3.05, 3.63) is 149 Å². The van der Waals surface area contributed by atoms with Crippen molar-refractivity contribution in [3.8, 4) is 27.9 Å². The van der Waals surface area contributed by atoms with Gasteiger partial charge < -0.3 is 9.38 Å². The van der Waals surface area contributed by atoms with Crippen LogP contribution >= 0.6 is 11.3 Å². The summed E-state index contributed by atoms with van der Waals surface area (Å²) >= 11 is 1.98. The van der Waals surface area contributed by atoms with E-state index in [-0.39, 0.29) is 28.5 Å². The zero-order chi connectivity index (χ0) is 42.3. The molecule has 3 aliphatic rings. The number of hydrogen-bond acceptors (Lipinski definition) is 2. The minimum absolute atomic E-state index is 0.00561. The second kappa shape index (κ2) is 11.9. The molecule has 2 nitrogen and oxygen atoms in total. The number of nitrogens with zero attached hydrogens (tertiary/aromatic N) is 2. The smallest absolute Gasteiger partial charge is 0.333 e. The maximum atomic E-state index is 2.72. The molecule has 0 bridgehead atoms. The lowest BCUT2D eigenvalue weighted by Crippen LogP contribution is -2.60. The van der Waals surface area contributed by atoms with E-state index in [1.807, 2.05) is 11.3 Å². The van der Waals surface area contributed by atoms with E-state index in [4.69, 9.17) is 0 Å². The Morgan fingerprint density at radius 2 is 1.20 bits per heavy atom. The van der Waals surface area contributed by atoms with Crippen LogP contribution in [-0.2, 0) is 21.7 Å². The first kappa shape index (κ1) is 37.2. The summed E-state index contributed by atoms with van der Waals surface area (Å²) in [7, 11) is 0. The van der Waals surface area contributed by atoms with E-state index in [0.29, 0.717) is 0 Å². The van der Waals surface area contributed by atoms with Crippen LogP contribution in [0.3, 0.4) is 0 Å². The average molecular weight is 809 g/mol. The second-order valence-corrected chi connectivity index (χ2v) is 22.9. The number of benzene rings is 7. The van der Waals surface area contributed by atoms with Gasteiger partial charge in [0, 0.05) is 59.0 Å². The van der Waals surface area contributed by atoms with Gasteiger partial charge in [0.1, 0.15) is 0 Å². The number of aromatic nitrogens is 1. The number of fused-ring (bicyclic) bond motifs is 16. The summed E-state index contributed by atoms with van der Waals surface area (Å²) in [6.45, 7) is 25.8. The maximum Gasteiger partial charge on any atom is 0.333 e.